The van der Waals surface area contributed by atoms with Gasteiger partial charge in [0.15, 0.2) is 5.58 Å². The van der Waals surface area contributed by atoms with Crippen molar-refractivity contribution in [1.29, 1.82) is 0 Å². The van der Waals surface area contributed by atoms with Gasteiger partial charge in [-0.05, 0) is 70.8 Å². The molecule has 6 aromatic carbocycles. The van der Waals surface area contributed by atoms with Crippen molar-refractivity contribution in [1.82, 2.24) is 4.57 Å². The Labute approximate surface area is 240 Å². The largest absolute Gasteiger partial charge is 0.454 e. The fourth-order valence-electron chi connectivity index (χ4n) is 6.33. The summed E-state index contributed by atoms with van der Waals surface area (Å²) in [5.74, 6) is 0. The number of fused-ring (bicyclic) bond motifs is 8. The third kappa shape index (κ3) is 3.36. The molecule has 9 aromatic rings. The first-order chi connectivity index (χ1) is 20.3. The zero-order chi connectivity index (χ0) is 26.9. The number of thiophene rings is 1. The summed E-state index contributed by atoms with van der Waals surface area (Å²) in [5.41, 5.74) is 10.1. The molecule has 0 saturated carbocycles. The Balaban J connectivity index is 1.22. The van der Waals surface area contributed by atoms with E-state index in [1.54, 1.807) is 0 Å². The zero-order valence-electron chi connectivity index (χ0n) is 22.0. The summed E-state index contributed by atoms with van der Waals surface area (Å²) in [6, 6.07) is 49.9. The number of para-hydroxylation sites is 2. The highest BCUT2D eigenvalue weighted by Gasteiger charge is 2.19. The van der Waals surface area contributed by atoms with Crippen LogP contribution in [0, 0.1) is 0 Å². The molecule has 3 aromatic heterocycles. The smallest absolute Gasteiger partial charge is 0.161 e. The van der Waals surface area contributed by atoms with Crippen LogP contribution in [0.1, 0.15) is 0 Å². The van der Waals surface area contributed by atoms with Gasteiger partial charge in [0.1, 0.15) is 11.1 Å². The van der Waals surface area contributed by atoms with Crippen LogP contribution >= 0.6 is 11.3 Å². The Morgan fingerprint density at radius 3 is 2.17 bits per heavy atom. The van der Waals surface area contributed by atoms with Crippen LogP contribution in [0.2, 0.25) is 0 Å². The van der Waals surface area contributed by atoms with Crippen LogP contribution in [0.3, 0.4) is 0 Å². The number of furan rings is 1. The SMILES string of the molecule is c1ccc(-n2c3ccccc3c3oc4cc(-c5cccc(-c6cccc7c6sc6ccccc67)c5)ccc4c32)cc1. The standard InChI is InChI=1S/C38H23NOS/c1-2-12-27(13-3-1)39-33-18-6-4-15-31(33)37-36(39)32-21-20-25(23-34(32)40-37)24-10-8-11-26(22-24)28-16-9-17-30-29-14-5-7-19-35(29)41-38(28)30/h1-23H. The van der Waals surface area contributed by atoms with E-state index < -0.39 is 0 Å². The molecule has 0 unspecified atom stereocenters. The second-order valence-electron chi connectivity index (χ2n) is 10.5. The molecule has 0 bridgehead atoms. The molecule has 41 heavy (non-hydrogen) atoms. The lowest BCUT2D eigenvalue weighted by atomic mass is 9.97. The maximum atomic E-state index is 6.62. The molecule has 9 rings (SSSR count). The molecule has 0 spiro atoms. The molecule has 0 atom stereocenters. The summed E-state index contributed by atoms with van der Waals surface area (Å²) < 4.78 is 11.6. The minimum Gasteiger partial charge on any atom is -0.454 e. The Kier molecular flexibility index (Phi) is 4.80. The highest BCUT2D eigenvalue weighted by molar-refractivity contribution is 7.26. The van der Waals surface area contributed by atoms with Crippen molar-refractivity contribution in [3.8, 4) is 27.9 Å². The van der Waals surface area contributed by atoms with Crippen LogP contribution < -0.4 is 0 Å². The van der Waals surface area contributed by atoms with Crippen LogP contribution in [0.15, 0.2) is 144 Å². The quantitative estimate of drug-likeness (QED) is 0.217. The van der Waals surface area contributed by atoms with Gasteiger partial charge in [-0.1, -0.05) is 91.0 Å². The average Bonchev–Trinajstić information content (AvgIpc) is 3.70. The second-order valence-corrected chi connectivity index (χ2v) is 11.6. The third-order valence-corrected chi connectivity index (χ3v) is 9.42. The molecule has 0 amide bonds. The second kappa shape index (κ2) is 8.69. The van der Waals surface area contributed by atoms with Crippen molar-refractivity contribution in [2.45, 2.75) is 0 Å². The summed E-state index contributed by atoms with van der Waals surface area (Å²) >= 11 is 1.87. The molecular weight excluding hydrogens is 518 g/mol. The van der Waals surface area contributed by atoms with Crippen LogP contribution in [0.5, 0.6) is 0 Å². The molecular formula is C38H23NOS. The lowest BCUT2D eigenvalue weighted by Gasteiger charge is -2.09. The molecule has 3 heterocycles. The van der Waals surface area contributed by atoms with E-state index in [1.807, 2.05) is 11.3 Å². The fraction of sp³-hybridized carbons (Fsp3) is 0. The van der Waals surface area contributed by atoms with Gasteiger partial charge in [0.2, 0.25) is 0 Å². The molecule has 0 aliphatic carbocycles. The molecule has 0 saturated heterocycles. The Hall–Kier alpha value is -5.12. The van der Waals surface area contributed by atoms with Gasteiger partial charge >= 0.3 is 0 Å². The molecule has 0 N–H and O–H groups in total. The monoisotopic (exact) mass is 541 g/mol. The van der Waals surface area contributed by atoms with Crippen LogP contribution in [-0.2, 0) is 0 Å². The van der Waals surface area contributed by atoms with Crippen LogP contribution in [0.25, 0.3) is 81.1 Å². The van der Waals surface area contributed by atoms with Crippen molar-refractivity contribution < 1.29 is 4.42 Å². The van der Waals surface area contributed by atoms with E-state index in [0.717, 1.165) is 44.2 Å². The van der Waals surface area contributed by atoms with Crippen molar-refractivity contribution in [3.05, 3.63) is 140 Å². The van der Waals surface area contributed by atoms with E-state index in [9.17, 15) is 0 Å². The maximum absolute atomic E-state index is 6.62. The Bertz CT molecular complexity index is 2420. The first-order valence-electron chi connectivity index (χ1n) is 13.9. The van der Waals surface area contributed by atoms with Gasteiger partial charge in [0.05, 0.1) is 5.52 Å². The van der Waals surface area contributed by atoms with E-state index in [-0.39, 0.29) is 0 Å². The summed E-state index contributed by atoms with van der Waals surface area (Å²) in [6.45, 7) is 0. The van der Waals surface area contributed by atoms with E-state index in [4.69, 9.17) is 4.42 Å². The average molecular weight is 542 g/mol. The van der Waals surface area contributed by atoms with Gasteiger partial charge in [0, 0.05) is 36.6 Å². The maximum Gasteiger partial charge on any atom is 0.161 e. The molecule has 0 aliphatic rings. The number of hydrogen-bond acceptors (Lipinski definition) is 2. The van der Waals surface area contributed by atoms with Gasteiger partial charge in [-0.15, -0.1) is 11.3 Å². The first-order valence-corrected chi connectivity index (χ1v) is 14.7. The third-order valence-electron chi connectivity index (χ3n) is 8.20. The van der Waals surface area contributed by atoms with Gasteiger partial charge in [-0.3, -0.25) is 0 Å². The normalized spacial score (nSPS) is 11.9. The predicted octanol–water partition coefficient (Wildman–Crippen LogP) is 11.2. The lowest BCUT2D eigenvalue weighted by Crippen LogP contribution is -1.92. The lowest BCUT2D eigenvalue weighted by molar-refractivity contribution is 0.673. The van der Waals surface area contributed by atoms with Gasteiger partial charge in [-0.2, -0.15) is 0 Å². The number of nitrogens with zero attached hydrogens (tertiary/aromatic N) is 1. The van der Waals surface area contributed by atoms with E-state index in [1.165, 1.54) is 36.9 Å². The number of rotatable bonds is 3. The number of benzene rings is 6. The predicted molar refractivity (Wildman–Crippen MR) is 174 cm³/mol. The van der Waals surface area contributed by atoms with E-state index in [0.29, 0.717) is 0 Å². The fourth-order valence-corrected chi connectivity index (χ4v) is 7.57. The first kappa shape index (κ1) is 22.7. The van der Waals surface area contributed by atoms with Gasteiger partial charge < -0.3 is 8.98 Å². The molecule has 2 nitrogen and oxygen atoms in total. The summed E-state index contributed by atoms with van der Waals surface area (Å²) in [6.07, 6.45) is 0. The molecule has 0 aliphatic heterocycles. The number of aromatic nitrogens is 1. The Morgan fingerprint density at radius 2 is 1.24 bits per heavy atom. The minimum absolute atomic E-state index is 0.903. The van der Waals surface area contributed by atoms with Crippen molar-refractivity contribution in [3.63, 3.8) is 0 Å². The minimum atomic E-state index is 0.903. The van der Waals surface area contributed by atoms with Crippen molar-refractivity contribution in [2.24, 2.45) is 0 Å². The van der Waals surface area contributed by atoms with Crippen LogP contribution in [0.4, 0.5) is 0 Å². The molecule has 0 fully saturated rings. The van der Waals surface area contributed by atoms with Gasteiger partial charge in [-0.25, -0.2) is 0 Å². The summed E-state index contributed by atoms with van der Waals surface area (Å²) in [5, 5.41) is 4.90. The van der Waals surface area contributed by atoms with Crippen LogP contribution in [-0.4, -0.2) is 4.57 Å². The van der Waals surface area contributed by atoms with E-state index in [2.05, 4.69) is 144 Å². The Morgan fingerprint density at radius 1 is 0.512 bits per heavy atom. The zero-order valence-corrected chi connectivity index (χ0v) is 22.9. The number of hydrogen-bond donors (Lipinski definition) is 0. The highest BCUT2D eigenvalue weighted by Crippen LogP contribution is 2.42. The molecule has 3 heteroatoms. The summed E-state index contributed by atoms with van der Waals surface area (Å²) in [4.78, 5) is 0. The molecule has 192 valence electrons. The topological polar surface area (TPSA) is 18.1 Å². The van der Waals surface area contributed by atoms with Crippen molar-refractivity contribution >= 4 is 64.5 Å². The van der Waals surface area contributed by atoms with Crippen molar-refractivity contribution in [2.75, 3.05) is 0 Å². The highest BCUT2D eigenvalue weighted by atomic mass is 32.1. The summed E-state index contributed by atoms with van der Waals surface area (Å²) in [7, 11) is 0. The molecule has 0 radical (unpaired) electrons. The van der Waals surface area contributed by atoms with E-state index >= 15 is 0 Å². The van der Waals surface area contributed by atoms with Gasteiger partial charge in [0.25, 0.3) is 0 Å².